The lowest BCUT2D eigenvalue weighted by Crippen LogP contribution is -2.19. The second-order valence-corrected chi connectivity index (χ2v) is 4.05. The highest BCUT2D eigenvalue weighted by atomic mass is 15.2. The minimum atomic E-state index is 1.15. The van der Waals surface area contributed by atoms with E-state index in [9.17, 15) is 0 Å². The Balaban J connectivity index is 2.04. The Morgan fingerprint density at radius 2 is 1.50 bits per heavy atom. The Labute approximate surface area is 94.5 Å². The predicted molar refractivity (Wildman–Crippen MR) is 62.8 cm³/mol. The number of aromatic nitrogens is 3. The van der Waals surface area contributed by atoms with E-state index < -0.39 is 0 Å². The number of hydrogen-bond acceptors (Lipinski definition) is 3. The maximum absolute atomic E-state index is 3.86. The second-order valence-electron chi connectivity index (χ2n) is 4.05. The van der Waals surface area contributed by atoms with Gasteiger partial charge in [-0.3, -0.25) is 4.57 Å². The van der Waals surface area contributed by atoms with Crippen molar-refractivity contribution in [3.63, 3.8) is 0 Å². The summed E-state index contributed by atoms with van der Waals surface area (Å²) in [6.07, 6.45) is 6.07. The molecular weight excluding hydrogens is 200 g/mol. The number of hydrogen-bond donors (Lipinski definition) is 0. The van der Waals surface area contributed by atoms with Gasteiger partial charge in [0.05, 0.1) is 11.4 Å². The Hall–Kier alpha value is -1.84. The number of nitrogens with zero attached hydrogens (tertiary/aromatic N) is 4. The third-order valence-corrected chi connectivity index (χ3v) is 3.03. The summed E-state index contributed by atoms with van der Waals surface area (Å²) >= 11 is 0. The van der Waals surface area contributed by atoms with Crippen LogP contribution in [0.25, 0.3) is 5.69 Å². The Morgan fingerprint density at radius 3 is 2.19 bits per heavy atom. The standard InChI is InChI=1S/C12H14N4/c1-2-6-12(16-9-13-14-10-16)11(5-1)15-7-3-4-8-15/h1-2,5-6,9-10H,3-4,7-8H2. The van der Waals surface area contributed by atoms with Crippen molar-refractivity contribution < 1.29 is 0 Å². The van der Waals surface area contributed by atoms with Crippen LogP contribution < -0.4 is 4.90 Å². The van der Waals surface area contributed by atoms with Gasteiger partial charge in [-0.15, -0.1) is 10.2 Å². The molecule has 0 amide bonds. The van der Waals surface area contributed by atoms with Crippen molar-refractivity contribution in [2.75, 3.05) is 18.0 Å². The lowest BCUT2D eigenvalue weighted by Gasteiger charge is -2.21. The monoisotopic (exact) mass is 214 g/mol. The van der Waals surface area contributed by atoms with E-state index in [1.807, 2.05) is 4.57 Å². The Morgan fingerprint density at radius 1 is 0.875 bits per heavy atom. The molecule has 4 heteroatoms. The third-order valence-electron chi connectivity index (χ3n) is 3.03. The molecule has 0 saturated carbocycles. The summed E-state index contributed by atoms with van der Waals surface area (Å²) in [5, 5.41) is 7.72. The first-order chi connectivity index (χ1) is 7.95. The molecule has 0 N–H and O–H groups in total. The van der Waals surface area contributed by atoms with E-state index in [1.165, 1.54) is 18.5 Å². The van der Waals surface area contributed by atoms with E-state index in [0.717, 1.165) is 18.8 Å². The van der Waals surface area contributed by atoms with Gasteiger partial charge in [-0.25, -0.2) is 0 Å². The molecule has 0 radical (unpaired) electrons. The highest BCUT2D eigenvalue weighted by Crippen LogP contribution is 2.26. The van der Waals surface area contributed by atoms with Gasteiger partial charge in [0.1, 0.15) is 12.7 Å². The molecule has 0 spiro atoms. The summed E-state index contributed by atoms with van der Waals surface area (Å²) < 4.78 is 1.97. The summed E-state index contributed by atoms with van der Waals surface area (Å²) in [7, 11) is 0. The number of rotatable bonds is 2. The molecule has 3 rings (SSSR count). The van der Waals surface area contributed by atoms with E-state index in [4.69, 9.17) is 0 Å². The number of anilines is 1. The zero-order chi connectivity index (χ0) is 10.8. The van der Waals surface area contributed by atoms with Gasteiger partial charge >= 0.3 is 0 Å². The van der Waals surface area contributed by atoms with E-state index in [0.29, 0.717) is 0 Å². The maximum Gasteiger partial charge on any atom is 0.123 e. The molecule has 2 aromatic rings. The topological polar surface area (TPSA) is 34.0 Å². The van der Waals surface area contributed by atoms with E-state index >= 15 is 0 Å². The third kappa shape index (κ3) is 1.56. The van der Waals surface area contributed by atoms with E-state index in [1.54, 1.807) is 12.7 Å². The summed E-state index contributed by atoms with van der Waals surface area (Å²) in [4.78, 5) is 2.43. The van der Waals surface area contributed by atoms with Gasteiger partial charge in [0.25, 0.3) is 0 Å². The van der Waals surface area contributed by atoms with Gasteiger partial charge in [0.2, 0.25) is 0 Å². The fourth-order valence-electron chi connectivity index (χ4n) is 2.23. The molecule has 0 bridgehead atoms. The summed E-state index contributed by atoms with van der Waals surface area (Å²) in [5.74, 6) is 0. The average molecular weight is 214 g/mol. The van der Waals surface area contributed by atoms with Crippen LogP contribution in [-0.2, 0) is 0 Å². The van der Waals surface area contributed by atoms with Crippen molar-refractivity contribution in [1.82, 2.24) is 14.8 Å². The summed E-state index contributed by atoms with van der Waals surface area (Å²) in [6.45, 7) is 2.30. The van der Waals surface area contributed by atoms with Crippen LogP contribution in [0.2, 0.25) is 0 Å². The van der Waals surface area contributed by atoms with Crippen LogP contribution in [0.4, 0.5) is 5.69 Å². The van der Waals surface area contributed by atoms with Crippen LogP contribution in [-0.4, -0.2) is 27.9 Å². The zero-order valence-corrected chi connectivity index (χ0v) is 9.08. The first-order valence-corrected chi connectivity index (χ1v) is 5.64. The van der Waals surface area contributed by atoms with Gasteiger partial charge in [-0.05, 0) is 25.0 Å². The Kier molecular flexibility index (Phi) is 2.33. The summed E-state index contributed by atoms with van der Waals surface area (Å²) in [6, 6.07) is 8.41. The van der Waals surface area contributed by atoms with Crippen molar-refractivity contribution in [3.05, 3.63) is 36.9 Å². The first kappa shape index (κ1) is 9.39. The molecule has 2 heterocycles. The summed E-state index contributed by atoms with van der Waals surface area (Å²) in [5.41, 5.74) is 2.44. The van der Waals surface area contributed by atoms with Crippen LogP contribution in [0.1, 0.15) is 12.8 Å². The molecular formula is C12H14N4. The van der Waals surface area contributed by atoms with Crippen LogP contribution >= 0.6 is 0 Å². The normalized spacial score (nSPS) is 15.6. The molecule has 1 aliphatic heterocycles. The molecule has 1 aromatic carbocycles. The van der Waals surface area contributed by atoms with Crippen molar-refractivity contribution in [3.8, 4) is 5.69 Å². The maximum atomic E-state index is 3.86. The molecule has 0 unspecified atom stereocenters. The molecule has 82 valence electrons. The van der Waals surface area contributed by atoms with E-state index in [-0.39, 0.29) is 0 Å². The fraction of sp³-hybridized carbons (Fsp3) is 0.333. The van der Waals surface area contributed by atoms with Crippen molar-refractivity contribution in [2.24, 2.45) is 0 Å². The molecule has 1 aliphatic rings. The van der Waals surface area contributed by atoms with E-state index in [2.05, 4.69) is 39.4 Å². The molecule has 1 fully saturated rings. The van der Waals surface area contributed by atoms with Gasteiger partial charge in [-0.1, -0.05) is 12.1 Å². The highest BCUT2D eigenvalue weighted by Gasteiger charge is 2.15. The highest BCUT2D eigenvalue weighted by molar-refractivity contribution is 5.63. The SMILES string of the molecule is c1ccc(-n2cnnc2)c(N2CCCC2)c1. The smallest absolute Gasteiger partial charge is 0.123 e. The molecule has 0 aliphatic carbocycles. The lowest BCUT2D eigenvalue weighted by molar-refractivity contribution is 0.943. The van der Waals surface area contributed by atoms with Crippen LogP contribution in [0, 0.1) is 0 Å². The number of para-hydroxylation sites is 2. The minimum Gasteiger partial charge on any atom is -0.370 e. The van der Waals surface area contributed by atoms with Crippen molar-refractivity contribution >= 4 is 5.69 Å². The molecule has 1 saturated heterocycles. The first-order valence-electron chi connectivity index (χ1n) is 5.64. The van der Waals surface area contributed by atoms with Gasteiger partial charge in [-0.2, -0.15) is 0 Å². The van der Waals surface area contributed by atoms with Crippen LogP contribution in [0.15, 0.2) is 36.9 Å². The Bertz CT molecular complexity index is 458. The van der Waals surface area contributed by atoms with Crippen LogP contribution in [0.3, 0.4) is 0 Å². The predicted octanol–water partition coefficient (Wildman–Crippen LogP) is 1.87. The number of benzene rings is 1. The van der Waals surface area contributed by atoms with Crippen molar-refractivity contribution in [1.29, 1.82) is 0 Å². The quantitative estimate of drug-likeness (QED) is 0.765. The molecule has 4 nitrogen and oxygen atoms in total. The van der Waals surface area contributed by atoms with Gasteiger partial charge in [0.15, 0.2) is 0 Å². The molecule has 1 aromatic heterocycles. The molecule has 0 atom stereocenters. The average Bonchev–Trinajstić information content (AvgIpc) is 3.03. The van der Waals surface area contributed by atoms with Gasteiger partial charge < -0.3 is 4.90 Å². The minimum absolute atomic E-state index is 1.15. The van der Waals surface area contributed by atoms with Gasteiger partial charge in [0, 0.05) is 13.1 Å². The van der Waals surface area contributed by atoms with Crippen molar-refractivity contribution in [2.45, 2.75) is 12.8 Å². The van der Waals surface area contributed by atoms with Crippen LogP contribution in [0.5, 0.6) is 0 Å². The zero-order valence-electron chi connectivity index (χ0n) is 9.08. The largest absolute Gasteiger partial charge is 0.370 e. The second kappa shape index (κ2) is 3.96. The fourth-order valence-corrected chi connectivity index (χ4v) is 2.23. The lowest BCUT2D eigenvalue weighted by atomic mass is 10.2. The molecule has 16 heavy (non-hydrogen) atoms.